The van der Waals surface area contributed by atoms with Crippen LogP contribution < -0.4 is 5.32 Å². The van der Waals surface area contributed by atoms with Crippen LogP contribution in [0.25, 0.3) is 0 Å². The lowest BCUT2D eigenvalue weighted by Crippen LogP contribution is -2.17. The van der Waals surface area contributed by atoms with Gasteiger partial charge in [-0.25, -0.2) is 0 Å². The highest BCUT2D eigenvalue weighted by atomic mass is 35.5. The van der Waals surface area contributed by atoms with Crippen molar-refractivity contribution in [1.29, 1.82) is 0 Å². The summed E-state index contributed by atoms with van der Waals surface area (Å²) in [5, 5.41) is 4.87. The van der Waals surface area contributed by atoms with Gasteiger partial charge in [-0.2, -0.15) is 0 Å². The second-order valence-corrected chi connectivity index (χ2v) is 6.70. The van der Waals surface area contributed by atoms with Crippen LogP contribution >= 0.6 is 35.0 Å². The predicted octanol–water partition coefficient (Wildman–Crippen LogP) is 5.96. The summed E-state index contributed by atoms with van der Waals surface area (Å²) in [5.74, 6) is 0.778. The highest BCUT2D eigenvalue weighted by Gasteiger charge is 2.07. The Balaban J connectivity index is 2.01. The fourth-order valence-corrected chi connectivity index (χ4v) is 3.74. The molecule has 21 heavy (non-hydrogen) atoms. The molecule has 112 valence electrons. The first-order valence-electron chi connectivity index (χ1n) is 7.01. The molecule has 0 aliphatic heterocycles. The van der Waals surface area contributed by atoms with E-state index in [0.717, 1.165) is 27.9 Å². The van der Waals surface area contributed by atoms with Crippen molar-refractivity contribution in [3.63, 3.8) is 0 Å². The zero-order valence-electron chi connectivity index (χ0n) is 12.2. The van der Waals surface area contributed by atoms with E-state index in [1.165, 1.54) is 10.5 Å². The third-order valence-corrected chi connectivity index (χ3v) is 5.08. The number of halogens is 2. The van der Waals surface area contributed by atoms with E-state index >= 15 is 0 Å². The molecule has 0 aliphatic carbocycles. The Morgan fingerprint density at radius 3 is 2.24 bits per heavy atom. The summed E-state index contributed by atoms with van der Waals surface area (Å²) in [6.45, 7) is 5.27. The first-order valence-corrected chi connectivity index (χ1v) is 8.75. The summed E-state index contributed by atoms with van der Waals surface area (Å²) >= 11 is 14.1. The molecule has 2 aromatic rings. The minimum absolute atomic E-state index is 0.382. The molecule has 0 aliphatic rings. The minimum atomic E-state index is 0.382. The van der Waals surface area contributed by atoms with Crippen LogP contribution in [-0.4, -0.2) is 6.54 Å². The van der Waals surface area contributed by atoms with Crippen LogP contribution in [0.15, 0.2) is 47.4 Å². The molecule has 0 fully saturated rings. The van der Waals surface area contributed by atoms with Crippen molar-refractivity contribution >= 4 is 35.0 Å². The summed E-state index contributed by atoms with van der Waals surface area (Å²) in [7, 11) is 0. The van der Waals surface area contributed by atoms with E-state index in [9.17, 15) is 0 Å². The highest BCUT2D eigenvalue weighted by Crippen LogP contribution is 2.31. The molecule has 0 spiro atoms. The van der Waals surface area contributed by atoms with Gasteiger partial charge in [0.15, 0.2) is 0 Å². The number of nitrogens with one attached hydrogen (secondary N) is 1. The third-order valence-electron chi connectivity index (χ3n) is 3.34. The molecule has 1 atom stereocenters. The Kier molecular flexibility index (Phi) is 6.43. The van der Waals surface area contributed by atoms with Crippen molar-refractivity contribution < 1.29 is 0 Å². The zero-order chi connectivity index (χ0) is 15.2. The average Bonchev–Trinajstić information content (AvgIpc) is 2.47. The van der Waals surface area contributed by atoms with Crippen molar-refractivity contribution in [2.45, 2.75) is 30.5 Å². The molecule has 1 nitrogen and oxygen atoms in total. The Morgan fingerprint density at radius 1 is 1.05 bits per heavy atom. The Labute approximate surface area is 141 Å². The topological polar surface area (TPSA) is 12.0 Å². The molecule has 0 amide bonds. The van der Waals surface area contributed by atoms with Crippen LogP contribution in [0.3, 0.4) is 0 Å². The fraction of sp³-hybridized carbons (Fsp3) is 0.294. The van der Waals surface area contributed by atoms with Gasteiger partial charge in [-0.05, 0) is 48.9 Å². The molecule has 0 heterocycles. The molecule has 1 N–H and O–H groups in total. The number of hydrogen-bond acceptors (Lipinski definition) is 2. The lowest BCUT2D eigenvalue weighted by Gasteiger charge is -2.13. The quantitative estimate of drug-likeness (QED) is 0.652. The highest BCUT2D eigenvalue weighted by molar-refractivity contribution is 7.98. The molecular weight excluding hydrogens is 321 g/mol. The first kappa shape index (κ1) is 16.7. The molecule has 0 aromatic heterocycles. The summed E-state index contributed by atoms with van der Waals surface area (Å²) < 4.78 is 0. The van der Waals surface area contributed by atoms with E-state index in [-0.39, 0.29) is 0 Å². The SMILES string of the molecule is CCNC(C)c1ccc(SCc2c(Cl)cccc2Cl)cc1. The molecule has 2 rings (SSSR count). The predicted molar refractivity (Wildman–Crippen MR) is 94.6 cm³/mol. The molecule has 0 saturated carbocycles. The molecule has 1 unspecified atom stereocenters. The van der Waals surface area contributed by atoms with Crippen molar-refractivity contribution in [3.05, 3.63) is 63.6 Å². The van der Waals surface area contributed by atoms with Crippen molar-refractivity contribution in [2.75, 3.05) is 6.54 Å². The monoisotopic (exact) mass is 339 g/mol. The second-order valence-electron chi connectivity index (χ2n) is 4.84. The molecule has 4 heteroatoms. The van der Waals surface area contributed by atoms with Crippen molar-refractivity contribution in [3.8, 4) is 0 Å². The van der Waals surface area contributed by atoms with Gasteiger partial charge in [0, 0.05) is 26.7 Å². The Hall–Kier alpha value is -0.670. The van der Waals surface area contributed by atoms with Crippen LogP contribution in [0.4, 0.5) is 0 Å². The van der Waals surface area contributed by atoms with Gasteiger partial charge in [0.05, 0.1) is 0 Å². The number of benzene rings is 2. The maximum atomic E-state index is 6.19. The summed E-state index contributed by atoms with van der Waals surface area (Å²) in [5.41, 5.74) is 2.30. The van der Waals surface area contributed by atoms with Gasteiger partial charge in [0.1, 0.15) is 0 Å². The van der Waals surface area contributed by atoms with E-state index in [1.807, 2.05) is 18.2 Å². The maximum Gasteiger partial charge on any atom is 0.0461 e. The third kappa shape index (κ3) is 4.65. The average molecular weight is 340 g/mol. The van der Waals surface area contributed by atoms with Crippen molar-refractivity contribution in [1.82, 2.24) is 5.32 Å². The van der Waals surface area contributed by atoms with Gasteiger partial charge < -0.3 is 5.32 Å². The standard InChI is InChI=1S/C17H19Cl2NS/c1-3-20-12(2)13-7-9-14(10-8-13)21-11-15-16(18)5-4-6-17(15)19/h4-10,12,20H,3,11H2,1-2H3. The van der Waals surface area contributed by atoms with Crippen LogP contribution in [0.2, 0.25) is 10.0 Å². The van der Waals surface area contributed by atoms with Gasteiger partial charge in [-0.15, -0.1) is 11.8 Å². The first-order chi connectivity index (χ1) is 10.1. The zero-order valence-corrected chi connectivity index (χ0v) is 14.5. The molecular formula is C17H19Cl2NS. The lowest BCUT2D eigenvalue weighted by molar-refractivity contribution is 0.598. The smallest absolute Gasteiger partial charge is 0.0461 e. The minimum Gasteiger partial charge on any atom is -0.310 e. The molecule has 2 aromatic carbocycles. The Bertz CT molecular complexity index is 564. The second kappa shape index (κ2) is 8.09. The van der Waals surface area contributed by atoms with Crippen LogP contribution in [-0.2, 0) is 5.75 Å². The Morgan fingerprint density at radius 2 is 1.67 bits per heavy atom. The van der Waals surface area contributed by atoms with E-state index in [4.69, 9.17) is 23.2 Å². The number of thioether (sulfide) groups is 1. The van der Waals surface area contributed by atoms with Gasteiger partial charge in [0.25, 0.3) is 0 Å². The summed E-state index contributed by atoms with van der Waals surface area (Å²) in [4.78, 5) is 1.22. The van der Waals surface area contributed by atoms with Crippen LogP contribution in [0, 0.1) is 0 Å². The fourth-order valence-electron chi connectivity index (χ4n) is 2.10. The molecule has 0 saturated heterocycles. The van der Waals surface area contributed by atoms with Gasteiger partial charge in [-0.1, -0.05) is 48.3 Å². The molecule has 0 radical (unpaired) electrons. The molecule has 0 bridgehead atoms. The van der Waals surface area contributed by atoms with Crippen LogP contribution in [0.5, 0.6) is 0 Å². The normalized spacial score (nSPS) is 12.4. The summed E-state index contributed by atoms with van der Waals surface area (Å²) in [6, 6.07) is 14.7. The van der Waals surface area contributed by atoms with Gasteiger partial charge in [-0.3, -0.25) is 0 Å². The van der Waals surface area contributed by atoms with E-state index in [0.29, 0.717) is 6.04 Å². The number of rotatable bonds is 6. The van der Waals surface area contributed by atoms with Crippen molar-refractivity contribution in [2.24, 2.45) is 0 Å². The van der Waals surface area contributed by atoms with Gasteiger partial charge in [0.2, 0.25) is 0 Å². The van der Waals surface area contributed by atoms with E-state index in [1.54, 1.807) is 11.8 Å². The maximum absolute atomic E-state index is 6.19. The van der Waals surface area contributed by atoms with E-state index < -0.39 is 0 Å². The lowest BCUT2D eigenvalue weighted by atomic mass is 10.1. The number of hydrogen-bond donors (Lipinski definition) is 1. The van der Waals surface area contributed by atoms with Gasteiger partial charge >= 0.3 is 0 Å². The van der Waals surface area contributed by atoms with E-state index in [2.05, 4.69) is 43.4 Å². The van der Waals surface area contributed by atoms with Crippen LogP contribution in [0.1, 0.15) is 31.0 Å². The summed E-state index contributed by atoms with van der Waals surface area (Å²) in [6.07, 6.45) is 0. The largest absolute Gasteiger partial charge is 0.310 e.